The molecule has 0 bridgehead atoms. The molecule has 1 aliphatic heterocycles. The van der Waals surface area contributed by atoms with Crippen LogP contribution < -0.4 is 10.3 Å². The lowest BCUT2D eigenvalue weighted by Gasteiger charge is -2.31. The molecule has 5 aromatic rings. The van der Waals surface area contributed by atoms with Gasteiger partial charge >= 0.3 is 0 Å². The van der Waals surface area contributed by atoms with E-state index in [1.54, 1.807) is 16.7 Å². The van der Waals surface area contributed by atoms with Gasteiger partial charge in [-0.15, -0.1) is 0 Å². The number of fused-ring (bicyclic) bond motifs is 2. The van der Waals surface area contributed by atoms with Crippen LogP contribution in [0.15, 0.2) is 76.2 Å². The number of aromatic nitrogens is 3. The number of likely N-dealkylation sites (tertiary alicyclic amines) is 1. The number of ether oxygens (including phenoxy) is 1. The fraction of sp³-hybridized carbons (Fsp3) is 0.462. The lowest BCUT2D eigenvalue weighted by Crippen LogP contribution is -2.34. The van der Waals surface area contributed by atoms with E-state index in [1.165, 1.54) is 12.1 Å². The predicted molar refractivity (Wildman–Crippen MR) is 194 cm³/mol. The molecule has 48 heavy (non-hydrogen) atoms. The van der Waals surface area contributed by atoms with Gasteiger partial charge in [-0.25, -0.2) is 9.37 Å². The Morgan fingerprint density at radius 3 is 2.42 bits per heavy atom. The average Bonchev–Trinajstić information content (AvgIpc) is 3.51. The molecule has 0 amide bonds. The van der Waals surface area contributed by atoms with Crippen molar-refractivity contribution in [3.8, 4) is 5.75 Å². The van der Waals surface area contributed by atoms with Crippen molar-refractivity contribution in [2.24, 2.45) is 0 Å². The molecule has 0 spiro atoms. The molecule has 8 nitrogen and oxygen atoms in total. The van der Waals surface area contributed by atoms with E-state index in [2.05, 4.69) is 17.0 Å². The van der Waals surface area contributed by atoms with E-state index in [-0.39, 0.29) is 26.2 Å². The number of hydrogen-bond donors (Lipinski definition) is 1. The number of aliphatic hydroxyl groups excluding tert-OH is 1. The van der Waals surface area contributed by atoms with Gasteiger partial charge in [-0.3, -0.25) is 9.20 Å². The van der Waals surface area contributed by atoms with Crippen LogP contribution in [0.1, 0.15) is 96.2 Å². The highest BCUT2D eigenvalue weighted by Gasteiger charge is 2.25. The molecule has 0 saturated carbocycles. The second kappa shape index (κ2) is 20.3. The molecule has 1 aliphatic rings. The van der Waals surface area contributed by atoms with Crippen molar-refractivity contribution in [1.82, 2.24) is 19.4 Å². The Kier molecular flexibility index (Phi) is 17.0. The molecule has 9 heteroatoms. The number of aliphatic hydroxyl groups is 1. The average molecular weight is 663 g/mol. The molecule has 262 valence electrons. The lowest BCUT2D eigenvalue weighted by molar-refractivity contribution is 0.207. The third-order valence-electron chi connectivity index (χ3n) is 8.20. The minimum absolute atomic E-state index is 0. The summed E-state index contributed by atoms with van der Waals surface area (Å²) in [7, 11) is 0. The van der Waals surface area contributed by atoms with E-state index in [4.69, 9.17) is 19.4 Å². The third kappa shape index (κ3) is 10.2. The van der Waals surface area contributed by atoms with Crippen molar-refractivity contribution in [3.05, 3.63) is 106 Å². The van der Waals surface area contributed by atoms with E-state index < -0.39 is 0 Å². The molecule has 1 N–H and O–H groups in total. The van der Waals surface area contributed by atoms with Crippen molar-refractivity contribution in [1.29, 1.82) is 0 Å². The lowest BCUT2D eigenvalue weighted by atomic mass is 9.91. The first-order chi connectivity index (χ1) is 22.5. The zero-order chi connectivity index (χ0) is 32.9. The van der Waals surface area contributed by atoms with E-state index in [9.17, 15) is 9.18 Å². The summed E-state index contributed by atoms with van der Waals surface area (Å²) in [6, 6.07) is 18.2. The maximum Gasteiger partial charge on any atom is 0.261 e. The van der Waals surface area contributed by atoms with Crippen molar-refractivity contribution < 1.29 is 18.8 Å². The summed E-state index contributed by atoms with van der Waals surface area (Å²) in [6.45, 7) is 11.5. The van der Waals surface area contributed by atoms with Crippen LogP contribution in [-0.4, -0.2) is 50.8 Å². The van der Waals surface area contributed by atoms with E-state index in [0.717, 1.165) is 79.6 Å². The minimum atomic E-state index is -0.312. The number of aryl methyl sites for hydroxylation is 1. The fourth-order valence-corrected chi connectivity index (χ4v) is 5.71. The van der Waals surface area contributed by atoms with Gasteiger partial charge in [0.1, 0.15) is 12.4 Å². The largest absolute Gasteiger partial charge is 0.485 e. The van der Waals surface area contributed by atoms with Crippen molar-refractivity contribution in [3.63, 3.8) is 0 Å². The molecule has 3 aromatic heterocycles. The Morgan fingerprint density at radius 1 is 1.02 bits per heavy atom. The summed E-state index contributed by atoms with van der Waals surface area (Å²) in [6.07, 6.45) is 7.31. The number of pyridine rings is 1. The Balaban J connectivity index is 0.000000817. The molecule has 2 aromatic carbocycles. The van der Waals surface area contributed by atoms with Crippen LogP contribution in [0.4, 0.5) is 4.39 Å². The number of hydrogen-bond acceptors (Lipinski definition) is 7. The van der Waals surface area contributed by atoms with Gasteiger partial charge in [-0.2, -0.15) is 0 Å². The zero-order valence-corrected chi connectivity index (χ0v) is 27.5. The van der Waals surface area contributed by atoms with Crippen molar-refractivity contribution in [2.75, 3.05) is 26.2 Å². The number of rotatable bonds is 10. The molecule has 0 radical (unpaired) electrons. The smallest absolute Gasteiger partial charge is 0.261 e. The third-order valence-corrected chi connectivity index (χ3v) is 8.20. The topological polar surface area (TPSA) is 93.1 Å². The van der Waals surface area contributed by atoms with Crippen LogP contribution in [0.3, 0.4) is 0 Å². The fourth-order valence-electron chi connectivity index (χ4n) is 5.71. The number of halogens is 1. The van der Waals surface area contributed by atoms with E-state index in [1.807, 2.05) is 63.2 Å². The predicted octanol–water partition coefficient (Wildman–Crippen LogP) is 8.75. The highest BCUT2D eigenvalue weighted by Crippen LogP contribution is 2.33. The van der Waals surface area contributed by atoms with Gasteiger partial charge in [-0.1, -0.05) is 77.5 Å². The second-order valence-corrected chi connectivity index (χ2v) is 11.3. The summed E-state index contributed by atoms with van der Waals surface area (Å²) in [4.78, 5) is 20.6. The maximum absolute atomic E-state index is 13.5. The van der Waals surface area contributed by atoms with Crippen LogP contribution in [0.5, 0.6) is 5.75 Å². The standard InChI is InChI=1S/C31H31FN4O3.C4H10O.C2H6.2CH4/c1-21-25(31(37)36-16-6-10-27(30(36)33-21)38-20-22-7-3-2-4-8-22)9-5-15-35-17-13-23(14-18-35)29-26-12-11-24(32)19-28(26)39-34-29;1-2-3-4-5;1-2;;/h2-4,6-8,10-12,16,19,23H,5,9,13-15,17-18,20H2,1H3;5H,2-4H2,1H3;1-2H3;2*1H4. The van der Waals surface area contributed by atoms with Crippen LogP contribution in [0.2, 0.25) is 0 Å². The molecule has 0 aliphatic carbocycles. The van der Waals surface area contributed by atoms with Crippen molar-refractivity contribution >= 4 is 16.6 Å². The van der Waals surface area contributed by atoms with Gasteiger partial charge in [0.05, 0.1) is 5.69 Å². The summed E-state index contributed by atoms with van der Waals surface area (Å²) < 4.78 is 26.5. The van der Waals surface area contributed by atoms with Gasteiger partial charge in [0.2, 0.25) is 0 Å². The number of nitrogens with zero attached hydrogens (tertiary/aromatic N) is 4. The second-order valence-electron chi connectivity index (χ2n) is 11.3. The van der Waals surface area contributed by atoms with Gasteiger partial charge in [0.15, 0.2) is 17.0 Å². The summed E-state index contributed by atoms with van der Waals surface area (Å²) in [5.74, 6) is 0.595. The van der Waals surface area contributed by atoms with Gasteiger partial charge < -0.3 is 19.3 Å². The van der Waals surface area contributed by atoms with Crippen LogP contribution >= 0.6 is 0 Å². The number of benzene rings is 2. The molecule has 0 atom stereocenters. The number of unbranched alkanes of at least 4 members (excludes halogenated alkanes) is 1. The van der Waals surface area contributed by atoms with E-state index in [0.29, 0.717) is 42.5 Å². The highest BCUT2D eigenvalue weighted by atomic mass is 19.1. The van der Waals surface area contributed by atoms with Crippen molar-refractivity contribution in [2.45, 2.75) is 93.6 Å². The van der Waals surface area contributed by atoms with Gasteiger partial charge in [-0.05, 0) is 88.5 Å². The van der Waals surface area contributed by atoms with E-state index >= 15 is 0 Å². The molecular formula is C39H55FN4O4. The first kappa shape index (κ1) is 40.1. The SMILES string of the molecule is C.C.CC.CCCCO.Cc1nc2c(OCc3ccccc3)cccn2c(=O)c1CCCN1CCC(c2noc3cc(F)ccc23)CC1. The van der Waals surface area contributed by atoms with Gasteiger partial charge in [0.25, 0.3) is 5.56 Å². The summed E-state index contributed by atoms with van der Waals surface area (Å²) in [5, 5.41) is 13.2. The Bertz CT molecular complexity index is 1710. The Labute approximate surface area is 285 Å². The quantitative estimate of drug-likeness (QED) is 0.160. The van der Waals surface area contributed by atoms with Crippen LogP contribution in [-0.2, 0) is 13.0 Å². The normalized spacial score (nSPS) is 13.0. The Hall–Kier alpha value is -4.08. The Morgan fingerprint density at radius 2 is 1.75 bits per heavy atom. The monoisotopic (exact) mass is 662 g/mol. The molecule has 1 saturated heterocycles. The summed E-state index contributed by atoms with van der Waals surface area (Å²) >= 11 is 0. The molecule has 6 rings (SSSR count). The zero-order valence-electron chi connectivity index (χ0n) is 27.5. The highest BCUT2D eigenvalue weighted by molar-refractivity contribution is 5.79. The van der Waals surface area contributed by atoms with Crippen LogP contribution in [0, 0.1) is 12.7 Å². The molecular weight excluding hydrogens is 607 g/mol. The summed E-state index contributed by atoms with van der Waals surface area (Å²) in [5.41, 5.74) is 4.52. The number of piperidine rings is 1. The molecule has 1 fully saturated rings. The first-order valence-electron chi connectivity index (χ1n) is 16.5. The molecule has 4 heterocycles. The minimum Gasteiger partial charge on any atom is -0.485 e. The first-order valence-corrected chi connectivity index (χ1v) is 16.5. The maximum atomic E-state index is 13.5. The van der Waals surface area contributed by atoms with Crippen LogP contribution in [0.25, 0.3) is 16.6 Å². The van der Waals surface area contributed by atoms with Gasteiger partial charge in [0, 0.05) is 41.4 Å². The molecule has 0 unspecified atom stereocenters.